The number of benzene rings is 3. The van der Waals surface area contributed by atoms with Crippen LogP contribution in [0.5, 0.6) is 5.75 Å². The smallest absolute Gasteiger partial charge is 0.269 e. The average Bonchev–Trinajstić information content (AvgIpc) is 2.76. The third kappa shape index (κ3) is 3.55. The summed E-state index contributed by atoms with van der Waals surface area (Å²) in [5.41, 5.74) is 1.37. The number of nitrogens with one attached hydrogen (secondary N) is 1. The molecule has 0 amide bonds. The normalized spacial score (nSPS) is 17.5. The lowest BCUT2D eigenvalue weighted by Gasteiger charge is -2.33. The highest BCUT2D eigenvalue weighted by Crippen LogP contribution is 2.37. The Labute approximate surface area is 170 Å². The van der Waals surface area contributed by atoms with E-state index in [4.69, 9.17) is 4.74 Å². The Morgan fingerprint density at radius 1 is 0.800 bits per heavy atom. The number of anilines is 1. The van der Waals surface area contributed by atoms with Crippen molar-refractivity contribution in [2.24, 2.45) is 0 Å². The second kappa shape index (κ2) is 7.63. The van der Waals surface area contributed by atoms with Crippen LogP contribution >= 0.6 is 0 Å². The van der Waals surface area contributed by atoms with Gasteiger partial charge in [-0.05, 0) is 42.0 Å². The number of ether oxygens (including phenoxy) is 1. The molecule has 0 aromatic heterocycles. The van der Waals surface area contributed by atoms with Gasteiger partial charge in [0.2, 0.25) is 0 Å². The molecular formula is C21H15N3O6. The summed E-state index contributed by atoms with van der Waals surface area (Å²) in [6.07, 6.45) is -0.747. The third-order valence-electron chi connectivity index (χ3n) is 4.82. The van der Waals surface area contributed by atoms with E-state index in [9.17, 15) is 25.0 Å². The molecule has 30 heavy (non-hydrogen) atoms. The van der Waals surface area contributed by atoms with Crippen molar-refractivity contribution < 1.29 is 19.4 Å². The number of Topliss-reactive ketones (excluding diaryl/α,β-unsaturated/α-hetero) is 1. The second-order valence-electron chi connectivity index (χ2n) is 6.67. The molecule has 2 atom stereocenters. The molecule has 2 unspecified atom stereocenters. The van der Waals surface area contributed by atoms with Crippen LogP contribution in [0.25, 0.3) is 0 Å². The van der Waals surface area contributed by atoms with Gasteiger partial charge in [-0.1, -0.05) is 12.1 Å². The van der Waals surface area contributed by atoms with Gasteiger partial charge in [-0.2, -0.15) is 0 Å². The first-order chi connectivity index (χ1) is 14.4. The van der Waals surface area contributed by atoms with Crippen LogP contribution in [0.3, 0.4) is 0 Å². The molecular weight excluding hydrogens is 390 g/mol. The minimum atomic E-state index is -0.831. The Kier molecular flexibility index (Phi) is 4.85. The first-order valence-corrected chi connectivity index (χ1v) is 8.99. The first-order valence-electron chi connectivity index (χ1n) is 8.99. The minimum Gasteiger partial charge on any atom is -0.482 e. The molecule has 150 valence electrons. The van der Waals surface area contributed by atoms with Gasteiger partial charge in [0.05, 0.1) is 15.4 Å². The first kappa shape index (κ1) is 19.1. The van der Waals surface area contributed by atoms with Gasteiger partial charge in [-0.3, -0.25) is 25.0 Å². The van der Waals surface area contributed by atoms with E-state index in [1.165, 1.54) is 36.4 Å². The van der Waals surface area contributed by atoms with Crippen LogP contribution < -0.4 is 10.1 Å². The Morgan fingerprint density at radius 3 is 1.97 bits per heavy atom. The van der Waals surface area contributed by atoms with Crippen LogP contribution in [0.15, 0.2) is 72.8 Å². The van der Waals surface area contributed by atoms with Gasteiger partial charge in [0.15, 0.2) is 11.9 Å². The van der Waals surface area contributed by atoms with Gasteiger partial charge in [0, 0.05) is 30.0 Å². The monoisotopic (exact) mass is 405 g/mol. The van der Waals surface area contributed by atoms with Crippen LogP contribution in [0.4, 0.5) is 17.1 Å². The predicted octanol–water partition coefficient (Wildman–Crippen LogP) is 4.30. The number of non-ortho nitro benzene ring substituents is 2. The number of ketones is 1. The van der Waals surface area contributed by atoms with E-state index in [1.54, 1.807) is 36.4 Å². The van der Waals surface area contributed by atoms with Crippen molar-refractivity contribution in [3.8, 4) is 5.75 Å². The molecule has 0 saturated carbocycles. The van der Waals surface area contributed by atoms with Crippen LogP contribution in [0, 0.1) is 20.2 Å². The van der Waals surface area contributed by atoms with E-state index in [-0.39, 0.29) is 17.2 Å². The van der Waals surface area contributed by atoms with Crippen molar-refractivity contribution in [1.82, 2.24) is 0 Å². The number of nitro benzene ring substituents is 2. The number of nitro groups is 2. The molecule has 1 N–H and O–H groups in total. The summed E-state index contributed by atoms with van der Waals surface area (Å²) < 4.78 is 6.07. The van der Waals surface area contributed by atoms with E-state index >= 15 is 0 Å². The van der Waals surface area contributed by atoms with Crippen molar-refractivity contribution in [3.05, 3.63) is 104 Å². The highest BCUT2D eigenvalue weighted by Gasteiger charge is 2.38. The van der Waals surface area contributed by atoms with Crippen LogP contribution in [0.1, 0.15) is 22.0 Å². The van der Waals surface area contributed by atoms with E-state index < -0.39 is 22.0 Å². The lowest BCUT2D eigenvalue weighted by Crippen LogP contribution is -2.42. The molecule has 0 spiro atoms. The largest absolute Gasteiger partial charge is 0.482 e. The van der Waals surface area contributed by atoms with Crippen molar-refractivity contribution in [1.29, 1.82) is 0 Å². The number of nitrogens with zero attached hydrogens (tertiary/aromatic N) is 2. The van der Waals surface area contributed by atoms with Crippen molar-refractivity contribution in [3.63, 3.8) is 0 Å². The summed E-state index contributed by atoms with van der Waals surface area (Å²) in [6.45, 7) is 0. The fourth-order valence-corrected chi connectivity index (χ4v) is 3.33. The molecule has 0 saturated heterocycles. The summed E-state index contributed by atoms with van der Waals surface area (Å²) in [4.78, 5) is 34.0. The number of hydrogen-bond donors (Lipinski definition) is 1. The van der Waals surface area contributed by atoms with Crippen LogP contribution in [-0.4, -0.2) is 21.7 Å². The number of rotatable bonds is 5. The summed E-state index contributed by atoms with van der Waals surface area (Å²) in [5.74, 6) is 0.214. The van der Waals surface area contributed by atoms with Gasteiger partial charge in [-0.15, -0.1) is 0 Å². The van der Waals surface area contributed by atoms with Crippen molar-refractivity contribution in [2.45, 2.75) is 12.1 Å². The molecule has 1 aliphatic heterocycles. The van der Waals surface area contributed by atoms with Crippen LogP contribution in [0.2, 0.25) is 0 Å². The highest BCUT2D eigenvalue weighted by atomic mass is 16.6. The van der Waals surface area contributed by atoms with E-state index in [2.05, 4.69) is 5.32 Å². The molecule has 0 bridgehead atoms. The minimum absolute atomic E-state index is 0.0657. The number of hydrogen-bond acceptors (Lipinski definition) is 7. The summed E-state index contributed by atoms with van der Waals surface area (Å²) in [7, 11) is 0. The second-order valence-corrected chi connectivity index (χ2v) is 6.67. The molecule has 3 aromatic rings. The number of para-hydroxylation sites is 1. The maximum atomic E-state index is 13.2. The van der Waals surface area contributed by atoms with Gasteiger partial charge in [0.25, 0.3) is 11.4 Å². The summed E-state index contributed by atoms with van der Waals surface area (Å²) in [5, 5.41) is 24.9. The molecule has 3 aromatic carbocycles. The van der Waals surface area contributed by atoms with E-state index in [0.717, 1.165) is 0 Å². The molecule has 0 aliphatic carbocycles. The maximum absolute atomic E-state index is 13.2. The predicted molar refractivity (Wildman–Crippen MR) is 108 cm³/mol. The Morgan fingerprint density at radius 2 is 1.37 bits per heavy atom. The van der Waals surface area contributed by atoms with Crippen molar-refractivity contribution in [2.75, 3.05) is 5.32 Å². The van der Waals surface area contributed by atoms with Crippen molar-refractivity contribution >= 4 is 22.8 Å². The van der Waals surface area contributed by atoms with Gasteiger partial charge < -0.3 is 10.1 Å². The molecule has 0 fully saturated rings. The third-order valence-corrected chi connectivity index (χ3v) is 4.82. The molecule has 9 nitrogen and oxygen atoms in total. The Hall–Kier alpha value is -4.27. The quantitative estimate of drug-likeness (QED) is 0.495. The molecule has 1 aliphatic rings. The topological polar surface area (TPSA) is 125 Å². The van der Waals surface area contributed by atoms with Gasteiger partial charge in [-0.25, -0.2) is 0 Å². The molecule has 1 heterocycles. The average molecular weight is 405 g/mol. The zero-order valence-electron chi connectivity index (χ0n) is 15.4. The van der Waals surface area contributed by atoms with E-state index in [1.807, 2.05) is 0 Å². The molecule has 9 heteroatoms. The Balaban J connectivity index is 1.70. The number of fused-ring (bicyclic) bond motifs is 1. The Bertz CT molecular complexity index is 1130. The van der Waals surface area contributed by atoms with Gasteiger partial charge >= 0.3 is 0 Å². The fourth-order valence-electron chi connectivity index (χ4n) is 3.33. The molecule has 4 rings (SSSR count). The van der Waals surface area contributed by atoms with E-state index in [0.29, 0.717) is 22.6 Å². The molecule has 0 radical (unpaired) electrons. The summed E-state index contributed by atoms with van der Waals surface area (Å²) in [6, 6.07) is 17.5. The lowest BCUT2D eigenvalue weighted by molar-refractivity contribution is -0.385. The maximum Gasteiger partial charge on any atom is 0.269 e. The zero-order valence-corrected chi connectivity index (χ0v) is 15.4. The van der Waals surface area contributed by atoms with Gasteiger partial charge in [0.1, 0.15) is 11.8 Å². The highest BCUT2D eigenvalue weighted by molar-refractivity contribution is 6.05. The number of carbonyl (C=O) groups is 1. The lowest BCUT2D eigenvalue weighted by atomic mass is 9.91. The fraction of sp³-hybridized carbons (Fsp3) is 0.0952. The zero-order chi connectivity index (χ0) is 21.3. The summed E-state index contributed by atoms with van der Waals surface area (Å²) >= 11 is 0. The standard InChI is InChI=1S/C21H15N3O6/c25-20-17-3-1-2-4-18(17)30-21(13-5-9-15(10-6-13)23(26)27)19(20)22-14-7-11-16(12-8-14)24(28)29/h1-12,19,21-22H. The number of carbonyl (C=O) groups excluding carboxylic acids is 1. The SMILES string of the molecule is O=C1c2ccccc2OC(c2ccc([N+](=O)[O-])cc2)C1Nc1ccc([N+](=O)[O-])cc1. The van der Waals surface area contributed by atoms with Crippen LogP contribution in [-0.2, 0) is 0 Å².